The number of carbonyl (C=O) groups is 1. The van der Waals surface area contributed by atoms with Gasteiger partial charge in [0.2, 0.25) is 0 Å². The number of rotatable bonds is 4. The Morgan fingerprint density at radius 3 is 2.38 bits per heavy atom. The minimum atomic E-state index is -0.455. The van der Waals surface area contributed by atoms with Crippen LogP contribution >= 0.6 is 0 Å². The van der Waals surface area contributed by atoms with Gasteiger partial charge in [0.25, 0.3) is 0 Å². The highest BCUT2D eigenvalue weighted by Gasteiger charge is 2.22. The van der Waals surface area contributed by atoms with E-state index >= 15 is 0 Å². The van der Waals surface area contributed by atoms with Crippen molar-refractivity contribution < 1.29 is 23.4 Å². The molecule has 0 saturated carbocycles. The Bertz CT molecular complexity index is 835. The largest absolute Gasteiger partial charge is 0.493 e. The quantitative estimate of drug-likeness (QED) is 0.633. The number of esters is 1. The van der Waals surface area contributed by atoms with Gasteiger partial charge in [-0.3, -0.25) is 0 Å². The number of ether oxygens (including phenoxy) is 3. The predicted octanol–water partition coefficient (Wildman–Crippen LogP) is 3.82. The standard InChI is InChI=1S/C19H15FO4/c1-22-16-8-5-13(10-18(16)23-2)17-11-14(19(21)24-17)9-12-3-6-15(20)7-4-12/h3-11H,1-2H3/b14-9-. The van der Waals surface area contributed by atoms with Gasteiger partial charge in [0.05, 0.1) is 19.8 Å². The van der Waals surface area contributed by atoms with Gasteiger partial charge < -0.3 is 14.2 Å². The van der Waals surface area contributed by atoms with Crippen molar-refractivity contribution >= 4 is 17.8 Å². The number of benzene rings is 2. The molecule has 0 unspecified atom stereocenters. The zero-order valence-corrected chi connectivity index (χ0v) is 13.2. The summed E-state index contributed by atoms with van der Waals surface area (Å²) in [5.74, 6) is 0.780. The van der Waals surface area contributed by atoms with Gasteiger partial charge in [0, 0.05) is 5.56 Å². The highest BCUT2D eigenvalue weighted by atomic mass is 19.1. The highest BCUT2D eigenvalue weighted by Crippen LogP contribution is 2.33. The van der Waals surface area contributed by atoms with Gasteiger partial charge in [-0.05, 0) is 48.0 Å². The third-order valence-corrected chi connectivity index (χ3v) is 3.59. The molecule has 0 aliphatic carbocycles. The number of hydrogen-bond donors (Lipinski definition) is 0. The molecule has 0 atom stereocenters. The van der Waals surface area contributed by atoms with Crippen LogP contribution in [0.5, 0.6) is 11.5 Å². The van der Waals surface area contributed by atoms with Crippen LogP contribution in [0.4, 0.5) is 4.39 Å². The summed E-state index contributed by atoms with van der Waals surface area (Å²) in [6, 6.07) is 11.1. The van der Waals surface area contributed by atoms with Crippen LogP contribution in [0.15, 0.2) is 54.1 Å². The second-order valence-corrected chi connectivity index (χ2v) is 5.12. The zero-order chi connectivity index (χ0) is 17.1. The fraction of sp³-hybridized carbons (Fsp3) is 0.105. The van der Waals surface area contributed by atoms with Gasteiger partial charge in [-0.2, -0.15) is 0 Å². The zero-order valence-electron chi connectivity index (χ0n) is 13.2. The van der Waals surface area contributed by atoms with Crippen LogP contribution in [0.1, 0.15) is 11.1 Å². The van der Waals surface area contributed by atoms with Crippen LogP contribution in [-0.4, -0.2) is 20.2 Å². The van der Waals surface area contributed by atoms with Crippen LogP contribution in [-0.2, 0) is 9.53 Å². The highest BCUT2D eigenvalue weighted by molar-refractivity contribution is 6.05. The van der Waals surface area contributed by atoms with Crippen molar-refractivity contribution in [3.05, 3.63) is 71.1 Å². The maximum absolute atomic E-state index is 12.9. The Morgan fingerprint density at radius 1 is 1.00 bits per heavy atom. The topological polar surface area (TPSA) is 44.8 Å². The van der Waals surface area contributed by atoms with E-state index in [2.05, 4.69) is 0 Å². The average Bonchev–Trinajstić information content (AvgIpc) is 2.97. The van der Waals surface area contributed by atoms with Crippen LogP contribution in [0.3, 0.4) is 0 Å². The van der Waals surface area contributed by atoms with Crippen molar-refractivity contribution in [2.24, 2.45) is 0 Å². The molecule has 1 aliphatic heterocycles. The van der Waals surface area contributed by atoms with Gasteiger partial charge in [0.1, 0.15) is 11.6 Å². The third kappa shape index (κ3) is 3.15. The number of hydrogen-bond acceptors (Lipinski definition) is 4. The van der Waals surface area contributed by atoms with E-state index in [0.29, 0.717) is 34.0 Å². The van der Waals surface area contributed by atoms with Gasteiger partial charge in [-0.15, -0.1) is 0 Å². The lowest BCUT2D eigenvalue weighted by molar-refractivity contribution is -0.130. The molecule has 4 nitrogen and oxygen atoms in total. The van der Waals surface area contributed by atoms with Gasteiger partial charge in [-0.25, -0.2) is 9.18 Å². The van der Waals surface area contributed by atoms with Crippen LogP contribution < -0.4 is 9.47 Å². The third-order valence-electron chi connectivity index (χ3n) is 3.59. The molecule has 0 saturated heterocycles. The molecule has 0 spiro atoms. The summed E-state index contributed by atoms with van der Waals surface area (Å²) in [7, 11) is 3.09. The molecular formula is C19H15FO4. The first-order valence-electron chi connectivity index (χ1n) is 7.24. The minimum absolute atomic E-state index is 0.326. The summed E-state index contributed by atoms with van der Waals surface area (Å²) < 4.78 is 28.7. The van der Waals surface area contributed by atoms with E-state index in [1.54, 1.807) is 49.6 Å². The van der Waals surface area contributed by atoms with Crippen molar-refractivity contribution in [3.63, 3.8) is 0 Å². The molecule has 122 valence electrons. The minimum Gasteiger partial charge on any atom is -0.493 e. The van der Waals surface area contributed by atoms with E-state index < -0.39 is 5.97 Å². The molecule has 0 radical (unpaired) electrons. The summed E-state index contributed by atoms with van der Waals surface area (Å²) in [6.07, 6.45) is 3.29. The Hall–Kier alpha value is -3.08. The second kappa shape index (κ2) is 6.58. The van der Waals surface area contributed by atoms with E-state index in [-0.39, 0.29) is 5.82 Å². The van der Waals surface area contributed by atoms with E-state index in [0.717, 1.165) is 0 Å². The van der Waals surface area contributed by atoms with Crippen molar-refractivity contribution in [1.29, 1.82) is 0 Å². The van der Waals surface area contributed by atoms with Crippen molar-refractivity contribution in [1.82, 2.24) is 0 Å². The Labute approximate surface area is 138 Å². The van der Waals surface area contributed by atoms with Crippen molar-refractivity contribution in [3.8, 4) is 11.5 Å². The molecule has 2 aromatic rings. The summed E-state index contributed by atoms with van der Waals surface area (Å²) in [6.45, 7) is 0. The molecule has 1 aliphatic rings. The molecule has 0 aromatic heterocycles. The molecule has 24 heavy (non-hydrogen) atoms. The fourth-order valence-corrected chi connectivity index (χ4v) is 2.36. The first-order chi connectivity index (χ1) is 11.6. The van der Waals surface area contributed by atoms with Gasteiger partial charge in [-0.1, -0.05) is 12.1 Å². The monoisotopic (exact) mass is 326 g/mol. The molecule has 0 fully saturated rings. The SMILES string of the molecule is COc1ccc(C2=C/C(=C/c3ccc(F)cc3)C(=O)O2)cc1OC. The maximum atomic E-state index is 12.9. The van der Waals surface area contributed by atoms with Crippen LogP contribution in [0, 0.1) is 5.82 Å². The van der Waals surface area contributed by atoms with Gasteiger partial charge in [0.15, 0.2) is 11.5 Å². The predicted molar refractivity (Wildman–Crippen MR) is 88.0 cm³/mol. The molecule has 5 heteroatoms. The first kappa shape index (κ1) is 15.8. The molecular weight excluding hydrogens is 311 g/mol. The van der Waals surface area contributed by atoms with E-state index in [1.807, 2.05) is 0 Å². The van der Waals surface area contributed by atoms with Crippen molar-refractivity contribution in [2.75, 3.05) is 14.2 Å². The molecule has 0 amide bonds. The number of methoxy groups -OCH3 is 2. The van der Waals surface area contributed by atoms with Crippen molar-refractivity contribution in [2.45, 2.75) is 0 Å². The lowest BCUT2D eigenvalue weighted by Crippen LogP contribution is -1.98. The summed E-state index contributed by atoms with van der Waals surface area (Å²) in [4.78, 5) is 12.0. The average molecular weight is 326 g/mol. The van der Waals surface area contributed by atoms with E-state index in [4.69, 9.17) is 14.2 Å². The molecule has 3 rings (SSSR count). The molecule has 2 aromatic carbocycles. The second-order valence-electron chi connectivity index (χ2n) is 5.12. The van der Waals surface area contributed by atoms with Gasteiger partial charge >= 0.3 is 5.97 Å². The number of halogens is 1. The summed E-state index contributed by atoms with van der Waals surface area (Å²) >= 11 is 0. The number of carbonyl (C=O) groups excluding carboxylic acids is 1. The lowest BCUT2D eigenvalue weighted by Gasteiger charge is -2.09. The molecule has 1 heterocycles. The fourth-order valence-electron chi connectivity index (χ4n) is 2.36. The van der Waals surface area contributed by atoms with E-state index in [9.17, 15) is 9.18 Å². The maximum Gasteiger partial charge on any atom is 0.343 e. The van der Waals surface area contributed by atoms with E-state index in [1.165, 1.54) is 19.2 Å². The Kier molecular flexibility index (Phi) is 4.33. The summed E-state index contributed by atoms with van der Waals surface area (Å²) in [5, 5.41) is 0. The smallest absolute Gasteiger partial charge is 0.343 e. The normalized spacial score (nSPS) is 15.2. The Balaban J connectivity index is 1.93. The molecule has 0 N–H and O–H groups in total. The number of cyclic esters (lactones) is 1. The first-order valence-corrected chi connectivity index (χ1v) is 7.24. The lowest BCUT2D eigenvalue weighted by atomic mass is 10.1. The van der Waals surface area contributed by atoms with Crippen LogP contribution in [0.25, 0.3) is 11.8 Å². The Morgan fingerprint density at radius 2 is 1.71 bits per heavy atom. The summed E-state index contributed by atoms with van der Waals surface area (Å²) in [5.41, 5.74) is 1.81. The molecule has 0 bridgehead atoms. The van der Waals surface area contributed by atoms with Crippen LogP contribution in [0.2, 0.25) is 0 Å².